The van der Waals surface area contributed by atoms with Gasteiger partial charge in [-0.2, -0.15) is 0 Å². The van der Waals surface area contributed by atoms with Crippen molar-refractivity contribution in [2.24, 2.45) is 5.92 Å². The number of hydrogen-bond donors (Lipinski definition) is 3. The number of hydrogen-bond acceptors (Lipinski definition) is 3. The predicted octanol–water partition coefficient (Wildman–Crippen LogP) is -0.127. The number of nitrogens with one attached hydrogen (secondary N) is 1. The molecule has 0 heterocycles. The Balaban J connectivity index is 2.49. The molecule has 6 heteroatoms. The number of carbonyl (C=O) groups excluding carboxylic acids is 1. The Morgan fingerprint density at radius 3 is 2.50 bits per heavy atom. The summed E-state index contributed by atoms with van der Waals surface area (Å²) < 4.78 is 0. The maximum absolute atomic E-state index is 11.7. The molecule has 0 spiro atoms. The first-order valence-electron chi connectivity index (χ1n) is 5.49. The summed E-state index contributed by atoms with van der Waals surface area (Å²) in [6.45, 7) is 2.33. The maximum Gasteiger partial charge on any atom is 0.326 e. The second-order valence-corrected chi connectivity index (χ2v) is 3.91. The van der Waals surface area contributed by atoms with E-state index in [0.717, 1.165) is 12.8 Å². The molecule has 1 aliphatic rings. The van der Waals surface area contributed by atoms with E-state index in [9.17, 15) is 9.59 Å². The minimum Gasteiger partial charge on any atom is -0.480 e. The van der Waals surface area contributed by atoms with E-state index in [1.54, 1.807) is 6.92 Å². The molecule has 0 aromatic heterocycles. The fourth-order valence-corrected chi connectivity index (χ4v) is 1.56. The summed E-state index contributed by atoms with van der Waals surface area (Å²) in [4.78, 5) is 23.9. The zero-order chi connectivity index (χ0) is 12.1. The number of nitrogens with zero attached hydrogens (tertiary/aromatic N) is 1. The number of carboxylic acids is 1. The summed E-state index contributed by atoms with van der Waals surface area (Å²) in [5.41, 5.74) is 0. The van der Waals surface area contributed by atoms with E-state index in [1.807, 2.05) is 0 Å². The van der Waals surface area contributed by atoms with Gasteiger partial charge in [0.2, 0.25) is 0 Å². The van der Waals surface area contributed by atoms with E-state index >= 15 is 0 Å². The van der Waals surface area contributed by atoms with Gasteiger partial charge in [-0.25, -0.2) is 9.59 Å². The van der Waals surface area contributed by atoms with E-state index in [1.165, 1.54) is 4.90 Å². The highest BCUT2D eigenvalue weighted by atomic mass is 16.4. The summed E-state index contributed by atoms with van der Waals surface area (Å²) in [6.07, 6.45) is 1.70. The predicted molar refractivity (Wildman–Crippen MR) is 57.0 cm³/mol. The molecule has 0 aromatic carbocycles. The highest BCUT2D eigenvalue weighted by molar-refractivity contribution is 5.83. The molecule has 1 aliphatic carbocycles. The molecular formula is C10H18N2O4. The molecule has 2 amide bonds. The molecule has 1 fully saturated rings. The van der Waals surface area contributed by atoms with Gasteiger partial charge in [-0.05, 0) is 25.7 Å². The van der Waals surface area contributed by atoms with Crippen LogP contribution >= 0.6 is 0 Å². The molecule has 92 valence electrons. The molecule has 6 nitrogen and oxygen atoms in total. The van der Waals surface area contributed by atoms with Gasteiger partial charge >= 0.3 is 12.0 Å². The number of aliphatic carboxylic acids is 1. The topological polar surface area (TPSA) is 89.9 Å². The lowest BCUT2D eigenvalue weighted by molar-refractivity contribution is -0.139. The molecule has 1 saturated carbocycles. The van der Waals surface area contributed by atoms with Crippen molar-refractivity contribution in [3.8, 4) is 0 Å². The third-order valence-corrected chi connectivity index (χ3v) is 2.68. The minimum absolute atomic E-state index is 0.0642. The third kappa shape index (κ3) is 3.37. The average Bonchev–Trinajstić information content (AvgIpc) is 3.05. The fourth-order valence-electron chi connectivity index (χ4n) is 1.56. The van der Waals surface area contributed by atoms with Crippen LogP contribution in [0.5, 0.6) is 0 Å². The molecule has 16 heavy (non-hydrogen) atoms. The molecular weight excluding hydrogens is 212 g/mol. The normalized spacial score (nSPS) is 16.6. The van der Waals surface area contributed by atoms with Gasteiger partial charge < -0.3 is 20.4 Å². The van der Waals surface area contributed by atoms with Crippen molar-refractivity contribution in [2.75, 3.05) is 19.7 Å². The SMILES string of the molecule is CCN(CCO)C(=O)NC(C(=O)O)C1CC1. The Bertz CT molecular complexity index is 266. The Morgan fingerprint density at radius 2 is 2.12 bits per heavy atom. The number of aliphatic hydroxyl groups excluding tert-OH is 1. The first kappa shape index (κ1) is 12.8. The molecule has 0 radical (unpaired) electrons. The first-order chi connectivity index (χ1) is 7.60. The Morgan fingerprint density at radius 1 is 1.50 bits per heavy atom. The van der Waals surface area contributed by atoms with Crippen LogP contribution in [0, 0.1) is 5.92 Å². The molecule has 0 saturated heterocycles. The monoisotopic (exact) mass is 230 g/mol. The zero-order valence-corrected chi connectivity index (χ0v) is 9.35. The average molecular weight is 230 g/mol. The highest BCUT2D eigenvalue weighted by Gasteiger charge is 2.37. The Labute approximate surface area is 94.2 Å². The van der Waals surface area contributed by atoms with Crippen molar-refractivity contribution in [3.05, 3.63) is 0 Å². The van der Waals surface area contributed by atoms with Crippen molar-refractivity contribution < 1.29 is 19.8 Å². The quantitative estimate of drug-likeness (QED) is 0.593. The summed E-state index contributed by atoms with van der Waals surface area (Å²) >= 11 is 0. The van der Waals surface area contributed by atoms with Crippen molar-refractivity contribution in [1.29, 1.82) is 0 Å². The summed E-state index contributed by atoms with van der Waals surface area (Å²) in [5.74, 6) is -0.926. The number of aliphatic hydroxyl groups is 1. The van der Waals surface area contributed by atoms with Crippen LogP contribution in [0.3, 0.4) is 0 Å². The van der Waals surface area contributed by atoms with Crippen molar-refractivity contribution in [2.45, 2.75) is 25.8 Å². The molecule has 0 bridgehead atoms. The van der Waals surface area contributed by atoms with Crippen LogP contribution in [-0.4, -0.2) is 52.9 Å². The van der Waals surface area contributed by atoms with E-state index in [4.69, 9.17) is 10.2 Å². The number of likely N-dealkylation sites (N-methyl/N-ethyl adjacent to an activating group) is 1. The standard InChI is InChI=1S/C10H18N2O4/c1-2-12(5-6-13)10(16)11-8(9(14)15)7-3-4-7/h7-8,13H,2-6H2,1H3,(H,11,16)(H,14,15). The maximum atomic E-state index is 11.7. The van der Waals surface area contributed by atoms with Gasteiger partial charge in [0.25, 0.3) is 0 Å². The van der Waals surface area contributed by atoms with Gasteiger partial charge in [-0.3, -0.25) is 0 Å². The van der Waals surface area contributed by atoms with Crippen LogP contribution in [0.2, 0.25) is 0 Å². The van der Waals surface area contributed by atoms with Gasteiger partial charge in [-0.15, -0.1) is 0 Å². The van der Waals surface area contributed by atoms with Crippen LogP contribution in [0.4, 0.5) is 4.79 Å². The van der Waals surface area contributed by atoms with Crippen LogP contribution in [0.15, 0.2) is 0 Å². The van der Waals surface area contributed by atoms with Gasteiger partial charge in [-0.1, -0.05) is 0 Å². The number of carboxylic acid groups (broad SMARTS) is 1. The Hall–Kier alpha value is -1.30. The van der Waals surface area contributed by atoms with Crippen molar-refractivity contribution in [3.63, 3.8) is 0 Å². The van der Waals surface area contributed by atoms with E-state index in [0.29, 0.717) is 6.54 Å². The molecule has 1 rings (SSSR count). The van der Waals surface area contributed by atoms with Gasteiger partial charge in [0.15, 0.2) is 0 Å². The summed E-state index contributed by atoms with van der Waals surface area (Å²) in [7, 11) is 0. The van der Waals surface area contributed by atoms with Gasteiger partial charge in [0.1, 0.15) is 6.04 Å². The van der Waals surface area contributed by atoms with Crippen LogP contribution < -0.4 is 5.32 Å². The van der Waals surface area contributed by atoms with Crippen LogP contribution in [0.25, 0.3) is 0 Å². The van der Waals surface area contributed by atoms with Crippen molar-refractivity contribution in [1.82, 2.24) is 10.2 Å². The summed E-state index contributed by atoms with van der Waals surface area (Å²) in [5, 5.41) is 20.2. The second-order valence-electron chi connectivity index (χ2n) is 3.91. The van der Waals surface area contributed by atoms with E-state index < -0.39 is 18.0 Å². The highest BCUT2D eigenvalue weighted by Crippen LogP contribution is 2.32. The largest absolute Gasteiger partial charge is 0.480 e. The Kier molecular flexibility index (Phi) is 4.54. The van der Waals surface area contributed by atoms with Crippen LogP contribution in [-0.2, 0) is 4.79 Å². The smallest absolute Gasteiger partial charge is 0.326 e. The lowest BCUT2D eigenvalue weighted by Crippen LogP contribution is -2.49. The minimum atomic E-state index is -0.990. The van der Waals surface area contributed by atoms with Crippen molar-refractivity contribution >= 4 is 12.0 Å². The van der Waals surface area contributed by atoms with Crippen LogP contribution in [0.1, 0.15) is 19.8 Å². The lowest BCUT2D eigenvalue weighted by Gasteiger charge is -2.23. The second kappa shape index (κ2) is 5.69. The molecule has 0 aliphatic heterocycles. The molecule has 1 atom stereocenters. The van der Waals surface area contributed by atoms with E-state index in [-0.39, 0.29) is 19.1 Å². The molecule has 3 N–H and O–H groups in total. The first-order valence-corrected chi connectivity index (χ1v) is 5.49. The van der Waals surface area contributed by atoms with Gasteiger partial charge in [0, 0.05) is 13.1 Å². The fraction of sp³-hybridized carbons (Fsp3) is 0.800. The number of urea groups is 1. The number of amides is 2. The van der Waals surface area contributed by atoms with E-state index in [2.05, 4.69) is 5.32 Å². The van der Waals surface area contributed by atoms with Gasteiger partial charge in [0.05, 0.1) is 6.61 Å². The third-order valence-electron chi connectivity index (χ3n) is 2.68. The molecule has 0 aromatic rings. The number of rotatable bonds is 6. The summed E-state index contributed by atoms with van der Waals surface area (Å²) in [6, 6.07) is -1.21. The number of carbonyl (C=O) groups is 2. The zero-order valence-electron chi connectivity index (χ0n) is 9.35. The lowest BCUT2D eigenvalue weighted by atomic mass is 10.2. The molecule has 1 unspecified atom stereocenters.